The van der Waals surface area contributed by atoms with Crippen LogP contribution in [-0.4, -0.2) is 53.7 Å². The van der Waals surface area contributed by atoms with Crippen LogP contribution in [0.4, 0.5) is 0 Å². The van der Waals surface area contributed by atoms with Crippen molar-refractivity contribution in [2.24, 2.45) is 5.92 Å². The second-order valence-corrected chi connectivity index (χ2v) is 6.15. The SMILES string of the molecule is CC(C)[C@@H](NC(=O)[C@@H]1CN(Cc2ccccc2)CCO1)C(=O)O. The van der Waals surface area contributed by atoms with Crippen molar-refractivity contribution in [3.8, 4) is 0 Å². The first-order chi connectivity index (χ1) is 11.0. The van der Waals surface area contributed by atoms with E-state index >= 15 is 0 Å². The Morgan fingerprint density at radius 1 is 1.35 bits per heavy atom. The van der Waals surface area contributed by atoms with Crippen molar-refractivity contribution in [2.75, 3.05) is 19.7 Å². The van der Waals surface area contributed by atoms with Gasteiger partial charge >= 0.3 is 5.97 Å². The summed E-state index contributed by atoms with van der Waals surface area (Å²) in [5, 5.41) is 11.8. The van der Waals surface area contributed by atoms with Crippen LogP contribution in [0.25, 0.3) is 0 Å². The largest absolute Gasteiger partial charge is 0.480 e. The molecule has 1 fully saturated rings. The van der Waals surface area contributed by atoms with E-state index in [0.29, 0.717) is 13.2 Å². The van der Waals surface area contributed by atoms with E-state index in [-0.39, 0.29) is 11.8 Å². The number of carboxylic acids is 1. The summed E-state index contributed by atoms with van der Waals surface area (Å²) in [6, 6.07) is 9.14. The molecule has 0 radical (unpaired) electrons. The molecule has 1 aliphatic heterocycles. The number of morpholine rings is 1. The average Bonchev–Trinajstić information content (AvgIpc) is 2.53. The maximum absolute atomic E-state index is 12.3. The Kier molecular flexibility index (Phi) is 6.12. The lowest BCUT2D eigenvalue weighted by molar-refractivity contribution is -0.148. The molecule has 0 unspecified atom stereocenters. The minimum Gasteiger partial charge on any atom is -0.480 e. The van der Waals surface area contributed by atoms with Crippen LogP contribution < -0.4 is 5.32 Å². The number of rotatable bonds is 6. The van der Waals surface area contributed by atoms with Crippen LogP contribution in [0, 0.1) is 5.92 Å². The number of carboxylic acid groups (broad SMARTS) is 1. The number of benzene rings is 1. The summed E-state index contributed by atoms with van der Waals surface area (Å²) >= 11 is 0. The van der Waals surface area contributed by atoms with Crippen molar-refractivity contribution >= 4 is 11.9 Å². The molecule has 1 aromatic rings. The van der Waals surface area contributed by atoms with Gasteiger partial charge in [-0.05, 0) is 11.5 Å². The number of nitrogens with one attached hydrogen (secondary N) is 1. The molecule has 1 heterocycles. The van der Waals surface area contributed by atoms with Gasteiger partial charge in [-0.2, -0.15) is 0 Å². The molecule has 2 N–H and O–H groups in total. The van der Waals surface area contributed by atoms with E-state index in [0.717, 1.165) is 13.1 Å². The van der Waals surface area contributed by atoms with E-state index in [9.17, 15) is 14.7 Å². The van der Waals surface area contributed by atoms with Crippen LogP contribution in [0.1, 0.15) is 19.4 Å². The van der Waals surface area contributed by atoms with E-state index in [1.54, 1.807) is 13.8 Å². The Bertz CT molecular complexity index is 533. The zero-order valence-electron chi connectivity index (χ0n) is 13.6. The fraction of sp³-hybridized carbons (Fsp3) is 0.529. The number of carbonyl (C=O) groups excluding carboxylic acids is 1. The number of nitrogens with zero attached hydrogens (tertiary/aromatic N) is 1. The Hall–Kier alpha value is -1.92. The smallest absolute Gasteiger partial charge is 0.326 e. The highest BCUT2D eigenvalue weighted by Crippen LogP contribution is 2.11. The predicted molar refractivity (Wildman–Crippen MR) is 85.9 cm³/mol. The number of amides is 1. The molecule has 1 saturated heterocycles. The molecule has 0 spiro atoms. The first-order valence-electron chi connectivity index (χ1n) is 7.88. The molecule has 1 aromatic carbocycles. The van der Waals surface area contributed by atoms with E-state index in [1.807, 2.05) is 30.3 Å². The molecule has 6 heteroatoms. The van der Waals surface area contributed by atoms with E-state index in [1.165, 1.54) is 5.56 Å². The maximum Gasteiger partial charge on any atom is 0.326 e. The highest BCUT2D eigenvalue weighted by molar-refractivity contribution is 5.86. The molecular weight excluding hydrogens is 296 g/mol. The molecule has 0 bridgehead atoms. The third-order valence-corrected chi connectivity index (χ3v) is 3.92. The number of hydrogen-bond acceptors (Lipinski definition) is 4. The standard InChI is InChI=1S/C17H24N2O4/c1-12(2)15(17(21)22)18-16(20)14-11-19(8-9-23-14)10-13-6-4-3-5-7-13/h3-7,12,14-15H,8-11H2,1-2H3,(H,18,20)(H,21,22)/t14-,15+/m0/s1. The number of carbonyl (C=O) groups is 2. The minimum absolute atomic E-state index is 0.180. The quantitative estimate of drug-likeness (QED) is 0.821. The summed E-state index contributed by atoms with van der Waals surface area (Å²) in [5.74, 6) is -1.56. The third kappa shape index (κ3) is 5.04. The second kappa shape index (κ2) is 8.08. The Balaban J connectivity index is 1.92. The number of hydrogen-bond donors (Lipinski definition) is 2. The zero-order valence-corrected chi connectivity index (χ0v) is 13.6. The van der Waals surface area contributed by atoms with Crippen molar-refractivity contribution in [1.29, 1.82) is 0 Å². The highest BCUT2D eigenvalue weighted by Gasteiger charge is 2.31. The Labute approximate surface area is 136 Å². The van der Waals surface area contributed by atoms with Crippen LogP contribution >= 0.6 is 0 Å². The highest BCUT2D eigenvalue weighted by atomic mass is 16.5. The summed E-state index contributed by atoms with van der Waals surface area (Å²) in [4.78, 5) is 25.6. The summed E-state index contributed by atoms with van der Waals surface area (Å²) < 4.78 is 5.52. The zero-order chi connectivity index (χ0) is 16.8. The first-order valence-corrected chi connectivity index (χ1v) is 7.88. The van der Waals surface area contributed by atoms with Gasteiger partial charge < -0.3 is 15.2 Å². The minimum atomic E-state index is -1.02. The van der Waals surface area contributed by atoms with Crippen LogP contribution in [0.5, 0.6) is 0 Å². The van der Waals surface area contributed by atoms with Crippen LogP contribution in [0.3, 0.4) is 0 Å². The molecule has 0 saturated carbocycles. The van der Waals surface area contributed by atoms with Gasteiger partial charge in [0.25, 0.3) is 5.91 Å². The van der Waals surface area contributed by atoms with Crippen LogP contribution in [0.15, 0.2) is 30.3 Å². The summed E-state index contributed by atoms with van der Waals surface area (Å²) in [6.45, 7) is 5.96. The van der Waals surface area contributed by atoms with Gasteiger partial charge in [0.2, 0.25) is 0 Å². The van der Waals surface area contributed by atoms with Crippen LogP contribution in [-0.2, 0) is 20.9 Å². The maximum atomic E-state index is 12.3. The van der Waals surface area contributed by atoms with Crippen molar-refractivity contribution in [2.45, 2.75) is 32.5 Å². The lowest BCUT2D eigenvalue weighted by atomic mass is 10.0. The van der Waals surface area contributed by atoms with E-state index in [4.69, 9.17) is 4.74 Å². The molecule has 0 aromatic heterocycles. The number of aliphatic carboxylic acids is 1. The van der Waals surface area contributed by atoms with Gasteiger partial charge in [-0.25, -0.2) is 4.79 Å². The third-order valence-electron chi connectivity index (χ3n) is 3.92. The molecule has 0 aliphatic carbocycles. The molecule has 1 aliphatic rings. The van der Waals surface area contributed by atoms with Crippen LogP contribution in [0.2, 0.25) is 0 Å². The van der Waals surface area contributed by atoms with Gasteiger partial charge in [0.1, 0.15) is 12.1 Å². The Morgan fingerprint density at radius 3 is 2.65 bits per heavy atom. The predicted octanol–water partition coefficient (Wildman–Crippen LogP) is 1.11. The summed E-state index contributed by atoms with van der Waals surface area (Å²) in [7, 11) is 0. The van der Waals surface area contributed by atoms with Crippen molar-refractivity contribution in [1.82, 2.24) is 10.2 Å². The summed E-state index contributed by atoms with van der Waals surface area (Å²) in [6.07, 6.45) is -0.631. The lowest BCUT2D eigenvalue weighted by Gasteiger charge is -2.33. The van der Waals surface area contributed by atoms with Crippen molar-refractivity contribution < 1.29 is 19.4 Å². The first kappa shape index (κ1) is 17.4. The van der Waals surface area contributed by atoms with E-state index in [2.05, 4.69) is 10.2 Å². The van der Waals surface area contributed by atoms with Gasteiger partial charge in [-0.1, -0.05) is 44.2 Å². The molecule has 23 heavy (non-hydrogen) atoms. The van der Waals surface area contributed by atoms with Crippen molar-refractivity contribution in [3.63, 3.8) is 0 Å². The second-order valence-electron chi connectivity index (χ2n) is 6.15. The lowest BCUT2D eigenvalue weighted by Crippen LogP contribution is -2.54. The van der Waals surface area contributed by atoms with Gasteiger partial charge in [0.05, 0.1) is 6.61 Å². The fourth-order valence-corrected chi connectivity index (χ4v) is 2.61. The normalized spacial score (nSPS) is 20.2. The van der Waals surface area contributed by atoms with Crippen molar-refractivity contribution in [3.05, 3.63) is 35.9 Å². The summed E-state index contributed by atoms with van der Waals surface area (Å²) in [5.41, 5.74) is 1.18. The Morgan fingerprint density at radius 2 is 2.04 bits per heavy atom. The average molecular weight is 320 g/mol. The molecule has 6 nitrogen and oxygen atoms in total. The van der Waals surface area contributed by atoms with Gasteiger partial charge in [-0.3, -0.25) is 9.69 Å². The molecular formula is C17H24N2O4. The molecule has 126 valence electrons. The molecule has 2 atom stereocenters. The van der Waals surface area contributed by atoms with Gasteiger partial charge in [0.15, 0.2) is 0 Å². The molecule has 1 amide bonds. The fourth-order valence-electron chi connectivity index (χ4n) is 2.61. The number of ether oxygens (including phenoxy) is 1. The monoisotopic (exact) mass is 320 g/mol. The van der Waals surface area contributed by atoms with Gasteiger partial charge in [-0.15, -0.1) is 0 Å². The topological polar surface area (TPSA) is 78.9 Å². The molecule has 2 rings (SSSR count). The van der Waals surface area contributed by atoms with E-state index < -0.39 is 18.1 Å². The van der Waals surface area contributed by atoms with Gasteiger partial charge in [0, 0.05) is 19.6 Å².